The van der Waals surface area contributed by atoms with Gasteiger partial charge in [0.25, 0.3) is 0 Å². The smallest absolute Gasteiger partial charge is 0.224 e. The van der Waals surface area contributed by atoms with E-state index < -0.39 is 0 Å². The molecular weight excluding hydrogens is 325 g/mol. The van der Waals surface area contributed by atoms with E-state index in [1.165, 1.54) is 11.8 Å². The molecule has 0 aliphatic rings. The molecule has 1 N–H and O–H groups in total. The molecule has 21 heavy (non-hydrogen) atoms. The summed E-state index contributed by atoms with van der Waals surface area (Å²) in [6, 6.07) is 13.5. The zero-order chi connectivity index (χ0) is 14.8. The van der Waals surface area contributed by atoms with Gasteiger partial charge < -0.3 is 5.32 Å². The minimum Gasteiger partial charge on any atom is -0.357 e. The summed E-state index contributed by atoms with van der Waals surface area (Å²) in [5.74, 6) is 0.594. The van der Waals surface area contributed by atoms with Crippen LogP contribution in [0, 0.1) is 0 Å². The van der Waals surface area contributed by atoms with Gasteiger partial charge in [-0.05, 0) is 24.3 Å². The van der Waals surface area contributed by atoms with Crippen LogP contribution in [0.4, 0.5) is 5.95 Å². The van der Waals surface area contributed by atoms with Gasteiger partial charge in [0.1, 0.15) is 5.03 Å². The number of benzene rings is 2. The fourth-order valence-electron chi connectivity index (χ4n) is 1.89. The lowest BCUT2D eigenvalue weighted by molar-refractivity contribution is 1.09. The first-order valence-corrected chi connectivity index (χ1v) is 7.82. The molecule has 3 rings (SSSR count). The fourth-order valence-corrected chi connectivity index (χ4v) is 3.20. The van der Waals surface area contributed by atoms with Crippen LogP contribution in [-0.4, -0.2) is 17.0 Å². The van der Waals surface area contributed by atoms with Crippen molar-refractivity contribution in [2.75, 3.05) is 12.4 Å². The molecule has 0 spiro atoms. The minimum absolute atomic E-state index is 0.536. The predicted molar refractivity (Wildman–Crippen MR) is 89.7 cm³/mol. The number of hydrogen-bond acceptors (Lipinski definition) is 4. The second kappa shape index (κ2) is 6.10. The number of rotatable bonds is 3. The Balaban J connectivity index is 2.08. The standard InChI is InChI=1S/C15H11Cl2N3S/c1-18-15-19-13-5-3-2-4-10(13)14(20-15)21-9-6-7-11(16)12(17)8-9/h2-8H,1H3,(H,18,19,20). The van der Waals surface area contributed by atoms with E-state index in [9.17, 15) is 0 Å². The molecule has 0 saturated carbocycles. The maximum Gasteiger partial charge on any atom is 0.224 e. The van der Waals surface area contributed by atoms with E-state index in [4.69, 9.17) is 23.2 Å². The largest absolute Gasteiger partial charge is 0.357 e. The number of halogens is 2. The third-order valence-electron chi connectivity index (χ3n) is 2.90. The second-order valence-electron chi connectivity index (χ2n) is 4.30. The van der Waals surface area contributed by atoms with Crippen LogP contribution in [0.15, 0.2) is 52.4 Å². The molecule has 0 aliphatic heterocycles. The normalized spacial score (nSPS) is 10.8. The van der Waals surface area contributed by atoms with Gasteiger partial charge in [-0.2, -0.15) is 0 Å². The highest BCUT2D eigenvalue weighted by atomic mass is 35.5. The number of fused-ring (bicyclic) bond motifs is 1. The van der Waals surface area contributed by atoms with Crippen molar-refractivity contribution in [1.82, 2.24) is 9.97 Å². The molecule has 0 aliphatic carbocycles. The molecule has 0 saturated heterocycles. The molecule has 3 aromatic rings. The Bertz CT molecular complexity index is 808. The summed E-state index contributed by atoms with van der Waals surface area (Å²) in [6.45, 7) is 0. The van der Waals surface area contributed by atoms with Gasteiger partial charge in [-0.15, -0.1) is 0 Å². The molecule has 0 fully saturated rings. The average molecular weight is 336 g/mol. The monoisotopic (exact) mass is 335 g/mol. The topological polar surface area (TPSA) is 37.8 Å². The molecule has 3 nitrogen and oxygen atoms in total. The molecule has 6 heteroatoms. The maximum atomic E-state index is 6.07. The van der Waals surface area contributed by atoms with Crippen LogP contribution in [0.1, 0.15) is 0 Å². The Labute approximate surface area is 136 Å². The van der Waals surface area contributed by atoms with Crippen LogP contribution < -0.4 is 5.32 Å². The third kappa shape index (κ3) is 3.07. The SMILES string of the molecule is CNc1nc(Sc2ccc(Cl)c(Cl)c2)c2ccccc2n1. The van der Waals surface area contributed by atoms with E-state index in [0.29, 0.717) is 16.0 Å². The number of para-hydroxylation sites is 1. The van der Waals surface area contributed by atoms with Crippen LogP contribution in [-0.2, 0) is 0 Å². The van der Waals surface area contributed by atoms with Crippen LogP contribution >= 0.6 is 35.0 Å². The van der Waals surface area contributed by atoms with Crippen molar-refractivity contribution in [2.45, 2.75) is 9.92 Å². The van der Waals surface area contributed by atoms with Crippen molar-refractivity contribution in [1.29, 1.82) is 0 Å². The van der Waals surface area contributed by atoms with Gasteiger partial charge in [-0.1, -0.05) is 53.2 Å². The Kier molecular flexibility index (Phi) is 4.19. The van der Waals surface area contributed by atoms with Gasteiger partial charge in [0.15, 0.2) is 0 Å². The molecule has 0 radical (unpaired) electrons. The molecular formula is C15H11Cl2N3S. The van der Waals surface area contributed by atoms with E-state index in [2.05, 4.69) is 15.3 Å². The molecule has 1 aromatic heterocycles. The van der Waals surface area contributed by atoms with Crippen molar-refractivity contribution >= 4 is 51.8 Å². The van der Waals surface area contributed by atoms with Gasteiger partial charge in [0, 0.05) is 17.3 Å². The summed E-state index contributed by atoms with van der Waals surface area (Å²) in [7, 11) is 1.80. The van der Waals surface area contributed by atoms with Crippen LogP contribution in [0.25, 0.3) is 10.9 Å². The van der Waals surface area contributed by atoms with E-state index in [1.54, 1.807) is 13.1 Å². The first kappa shape index (κ1) is 14.4. The van der Waals surface area contributed by atoms with Crippen molar-refractivity contribution < 1.29 is 0 Å². The predicted octanol–water partition coefficient (Wildman–Crippen LogP) is 5.13. The highest BCUT2D eigenvalue weighted by Gasteiger charge is 2.09. The molecule has 0 bridgehead atoms. The van der Waals surface area contributed by atoms with Crippen LogP contribution in [0.3, 0.4) is 0 Å². The lowest BCUT2D eigenvalue weighted by atomic mass is 10.2. The zero-order valence-corrected chi connectivity index (χ0v) is 13.4. The summed E-state index contributed by atoms with van der Waals surface area (Å²) >= 11 is 13.6. The number of hydrogen-bond donors (Lipinski definition) is 1. The van der Waals surface area contributed by atoms with Crippen molar-refractivity contribution in [3.8, 4) is 0 Å². The van der Waals surface area contributed by atoms with Gasteiger partial charge in [-0.25, -0.2) is 9.97 Å². The number of anilines is 1. The van der Waals surface area contributed by atoms with Crippen molar-refractivity contribution in [2.24, 2.45) is 0 Å². The second-order valence-corrected chi connectivity index (χ2v) is 6.17. The zero-order valence-electron chi connectivity index (χ0n) is 11.1. The average Bonchev–Trinajstić information content (AvgIpc) is 2.51. The minimum atomic E-state index is 0.536. The lowest BCUT2D eigenvalue weighted by Crippen LogP contribution is -1.98. The number of nitrogens with zero attached hydrogens (tertiary/aromatic N) is 2. The third-order valence-corrected chi connectivity index (χ3v) is 4.63. The first-order valence-electron chi connectivity index (χ1n) is 6.25. The maximum absolute atomic E-state index is 6.07. The van der Waals surface area contributed by atoms with Gasteiger partial charge in [-0.3, -0.25) is 0 Å². The Morgan fingerprint density at radius 2 is 1.81 bits per heavy atom. The number of nitrogens with one attached hydrogen (secondary N) is 1. The summed E-state index contributed by atoms with van der Waals surface area (Å²) < 4.78 is 0. The number of aromatic nitrogens is 2. The molecule has 106 valence electrons. The summed E-state index contributed by atoms with van der Waals surface area (Å²) in [5, 5.41) is 5.95. The van der Waals surface area contributed by atoms with E-state index in [0.717, 1.165) is 20.8 Å². The van der Waals surface area contributed by atoms with Gasteiger partial charge in [0.05, 0.1) is 15.6 Å². The Morgan fingerprint density at radius 1 is 1.00 bits per heavy atom. The van der Waals surface area contributed by atoms with E-state index in [1.807, 2.05) is 36.4 Å². The summed E-state index contributed by atoms with van der Waals surface area (Å²) in [6.07, 6.45) is 0. The van der Waals surface area contributed by atoms with Crippen molar-refractivity contribution in [3.63, 3.8) is 0 Å². The quantitative estimate of drug-likeness (QED) is 0.673. The van der Waals surface area contributed by atoms with E-state index >= 15 is 0 Å². The Morgan fingerprint density at radius 3 is 2.57 bits per heavy atom. The summed E-state index contributed by atoms with van der Waals surface area (Å²) in [5.41, 5.74) is 0.902. The molecule has 0 atom stereocenters. The van der Waals surface area contributed by atoms with E-state index in [-0.39, 0.29) is 0 Å². The highest BCUT2D eigenvalue weighted by Crippen LogP contribution is 2.35. The molecule has 0 amide bonds. The van der Waals surface area contributed by atoms with Gasteiger partial charge in [0.2, 0.25) is 5.95 Å². The Hall–Kier alpha value is -1.49. The molecule has 1 heterocycles. The molecule has 2 aromatic carbocycles. The first-order chi connectivity index (χ1) is 10.2. The van der Waals surface area contributed by atoms with Gasteiger partial charge >= 0.3 is 0 Å². The lowest BCUT2D eigenvalue weighted by Gasteiger charge is -2.08. The van der Waals surface area contributed by atoms with Crippen LogP contribution in [0.5, 0.6) is 0 Å². The van der Waals surface area contributed by atoms with Crippen LogP contribution in [0.2, 0.25) is 10.0 Å². The van der Waals surface area contributed by atoms with Crippen molar-refractivity contribution in [3.05, 3.63) is 52.5 Å². The molecule has 0 unspecified atom stereocenters. The summed E-state index contributed by atoms with van der Waals surface area (Å²) in [4.78, 5) is 9.96. The fraction of sp³-hybridized carbons (Fsp3) is 0.0667. The highest BCUT2D eigenvalue weighted by molar-refractivity contribution is 7.99.